The standard InChI is InChI=1S/C34H64O/c1-6-9-10-11-12-13-14-15-16-17-18-19-20-21-22-26-34(35)30-29-33(8-3)25-23-24-32(5)28-27-31(4)7-2/h12-13,28,31,33H,6-11,14-27,29-30H2,1-5H3/b13-12-,32-28+. The quantitative estimate of drug-likeness (QED) is 0.0873. The van der Waals surface area contributed by atoms with Crippen molar-refractivity contribution in [1.29, 1.82) is 0 Å². The van der Waals surface area contributed by atoms with Gasteiger partial charge in [-0.05, 0) is 76.5 Å². The molecule has 2 atom stereocenters. The van der Waals surface area contributed by atoms with Crippen LogP contribution in [0.15, 0.2) is 23.8 Å². The maximum Gasteiger partial charge on any atom is 0.132 e. The first-order valence-corrected chi connectivity index (χ1v) is 15.9. The molecule has 0 aromatic carbocycles. The Hall–Kier alpha value is -0.850. The minimum absolute atomic E-state index is 0.510. The molecule has 1 nitrogen and oxygen atoms in total. The molecule has 0 saturated heterocycles. The maximum absolute atomic E-state index is 12.3. The number of hydrogen-bond acceptors (Lipinski definition) is 1. The first-order valence-electron chi connectivity index (χ1n) is 15.9. The topological polar surface area (TPSA) is 17.1 Å². The van der Waals surface area contributed by atoms with Gasteiger partial charge in [0.15, 0.2) is 0 Å². The smallest absolute Gasteiger partial charge is 0.132 e. The summed E-state index contributed by atoms with van der Waals surface area (Å²) in [6.07, 6.45) is 34.6. The summed E-state index contributed by atoms with van der Waals surface area (Å²) in [5.41, 5.74) is 1.56. The minimum Gasteiger partial charge on any atom is -0.300 e. The zero-order valence-electron chi connectivity index (χ0n) is 24.9. The van der Waals surface area contributed by atoms with E-state index in [1.54, 1.807) is 5.57 Å². The van der Waals surface area contributed by atoms with Crippen LogP contribution >= 0.6 is 0 Å². The lowest BCUT2D eigenvalue weighted by Crippen LogP contribution is -2.05. The van der Waals surface area contributed by atoms with E-state index in [1.165, 1.54) is 116 Å². The molecule has 0 saturated carbocycles. The Morgan fingerprint density at radius 1 is 0.657 bits per heavy atom. The molecule has 0 aliphatic rings. The van der Waals surface area contributed by atoms with Gasteiger partial charge in [0, 0.05) is 12.8 Å². The van der Waals surface area contributed by atoms with Crippen molar-refractivity contribution in [2.75, 3.05) is 0 Å². The van der Waals surface area contributed by atoms with Crippen LogP contribution in [0.5, 0.6) is 0 Å². The van der Waals surface area contributed by atoms with Gasteiger partial charge in [-0.15, -0.1) is 0 Å². The van der Waals surface area contributed by atoms with E-state index in [9.17, 15) is 4.79 Å². The third kappa shape index (κ3) is 24.6. The molecular formula is C34H64O. The van der Waals surface area contributed by atoms with Crippen LogP contribution < -0.4 is 0 Å². The largest absolute Gasteiger partial charge is 0.300 e. The second-order valence-corrected chi connectivity index (χ2v) is 11.4. The van der Waals surface area contributed by atoms with Crippen LogP contribution in [0.4, 0.5) is 0 Å². The van der Waals surface area contributed by atoms with E-state index in [0.717, 1.165) is 37.5 Å². The van der Waals surface area contributed by atoms with Crippen LogP contribution in [0, 0.1) is 11.8 Å². The van der Waals surface area contributed by atoms with Crippen molar-refractivity contribution >= 4 is 5.78 Å². The van der Waals surface area contributed by atoms with E-state index in [2.05, 4.69) is 52.8 Å². The number of carbonyl (C=O) groups excluding carboxylic acids is 1. The van der Waals surface area contributed by atoms with Crippen molar-refractivity contribution in [2.24, 2.45) is 11.8 Å². The fourth-order valence-corrected chi connectivity index (χ4v) is 4.78. The van der Waals surface area contributed by atoms with Gasteiger partial charge >= 0.3 is 0 Å². The predicted molar refractivity (Wildman–Crippen MR) is 159 cm³/mol. The van der Waals surface area contributed by atoms with Gasteiger partial charge in [-0.1, -0.05) is 122 Å². The van der Waals surface area contributed by atoms with E-state index in [0.29, 0.717) is 5.78 Å². The van der Waals surface area contributed by atoms with E-state index in [-0.39, 0.29) is 0 Å². The summed E-state index contributed by atoms with van der Waals surface area (Å²) in [4.78, 5) is 12.3. The molecule has 0 rings (SSSR count). The zero-order valence-corrected chi connectivity index (χ0v) is 24.9. The summed E-state index contributed by atoms with van der Waals surface area (Å²) in [7, 11) is 0. The Morgan fingerprint density at radius 2 is 1.26 bits per heavy atom. The van der Waals surface area contributed by atoms with Gasteiger partial charge < -0.3 is 0 Å². The normalized spacial score (nSPS) is 14.0. The molecule has 2 unspecified atom stereocenters. The van der Waals surface area contributed by atoms with Crippen molar-refractivity contribution in [3.05, 3.63) is 23.8 Å². The highest BCUT2D eigenvalue weighted by molar-refractivity contribution is 5.78. The number of unbranched alkanes of at least 4 members (excludes halogenated alkanes) is 11. The molecule has 0 amide bonds. The SMILES string of the molecule is CCCCC/C=C\CCCCCCCCCCC(=O)CCC(CC)CCC/C(C)=C/CC(C)CC. The molecule has 0 bridgehead atoms. The minimum atomic E-state index is 0.510. The van der Waals surface area contributed by atoms with Crippen molar-refractivity contribution in [3.8, 4) is 0 Å². The van der Waals surface area contributed by atoms with Crippen LogP contribution in [0.2, 0.25) is 0 Å². The van der Waals surface area contributed by atoms with E-state index in [4.69, 9.17) is 0 Å². The number of ketones is 1. The summed E-state index contributed by atoms with van der Waals surface area (Å²) in [5.74, 6) is 2.05. The lowest BCUT2D eigenvalue weighted by Gasteiger charge is -2.14. The highest BCUT2D eigenvalue weighted by Crippen LogP contribution is 2.22. The molecule has 35 heavy (non-hydrogen) atoms. The monoisotopic (exact) mass is 488 g/mol. The molecule has 0 aromatic rings. The van der Waals surface area contributed by atoms with E-state index >= 15 is 0 Å². The summed E-state index contributed by atoms with van der Waals surface area (Å²) < 4.78 is 0. The molecule has 0 radical (unpaired) electrons. The van der Waals surface area contributed by atoms with Crippen LogP contribution in [-0.2, 0) is 4.79 Å². The molecule has 0 aromatic heterocycles. The molecule has 0 heterocycles. The average molecular weight is 489 g/mol. The number of allylic oxidation sites excluding steroid dienone is 4. The van der Waals surface area contributed by atoms with Gasteiger partial charge in [0.05, 0.1) is 0 Å². The third-order valence-electron chi connectivity index (χ3n) is 7.88. The molecular weight excluding hydrogens is 424 g/mol. The Labute approximate surface area is 222 Å². The molecule has 0 aliphatic carbocycles. The molecule has 0 N–H and O–H groups in total. The van der Waals surface area contributed by atoms with Crippen molar-refractivity contribution in [3.63, 3.8) is 0 Å². The molecule has 0 fully saturated rings. The lowest BCUT2D eigenvalue weighted by molar-refractivity contribution is -0.119. The summed E-state index contributed by atoms with van der Waals surface area (Å²) >= 11 is 0. The highest BCUT2D eigenvalue weighted by Gasteiger charge is 2.10. The Morgan fingerprint density at radius 3 is 1.86 bits per heavy atom. The second kappa shape index (κ2) is 26.2. The van der Waals surface area contributed by atoms with Gasteiger partial charge in [-0.25, -0.2) is 0 Å². The third-order valence-corrected chi connectivity index (χ3v) is 7.88. The summed E-state index contributed by atoms with van der Waals surface area (Å²) in [6, 6.07) is 0. The van der Waals surface area contributed by atoms with Crippen molar-refractivity contribution in [2.45, 2.75) is 176 Å². The Kier molecular flexibility index (Phi) is 25.6. The number of Topliss-reactive ketones (excluding diaryl/α,β-unsaturated/α-hetero) is 1. The average Bonchev–Trinajstić information content (AvgIpc) is 2.86. The zero-order chi connectivity index (χ0) is 26.0. The predicted octanol–water partition coefficient (Wildman–Crippen LogP) is 12.0. The first kappa shape index (κ1) is 34.1. The fourth-order valence-electron chi connectivity index (χ4n) is 4.78. The summed E-state index contributed by atoms with van der Waals surface area (Å²) in [5, 5.41) is 0. The van der Waals surface area contributed by atoms with Crippen molar-refractivity contribution in [1.82, 2.24) is 0 Å². The Bertz CT molecular complexity index is 515. The fraction of sp³-hybridized carbons (Fsp3) is 0.853. The second-order valence-electron chi connectivity index (χ2n) is 11.4. The van der Waals surface area contributed by atoms with E-state index in [1.807, 2.05) is 0 Å². The molecule has 0 aliphatic heterocycles. The van der Waals surface area contributed by atoms with Crippen molar-refractivity contribution < 1.29 is 4.79 Å². The first-order chi connectivity index (χ1) is 17.0. The van der Waals surface area contributed by atoms with Gasteiger partial charge in [-0.3, -0.25) is 4.79 Å². The molecule has 1 heteroatoms. The number of rotatable bonds is 26. The number of carbonyl (C=O) groups is 1. The van der Waals surface area contributed by atoms with Crippen LogP contribution in [0.25, 0.3) is 0 Å². The van der Waals surface area contributed by atoms with Gasteiger partial charge in [-0.2, -0.15) is 0 Å². The highest BCUT2D eigenvalue weighted by atomic mass is 16.1. The van der Waals surface area contributed by atoms with Crippen LogP contribution in [0.3, 0.4) is 0 Å². The summed E-state index contributed by atoms with van der Waals surface area (Å²) in [6.45, 7) is 11.5. The molecule has 0 spiro atoms. The molecule has 206 valence electrons. The maximum atomic E-state index is 12.3. The Balaban J connectivity index is 3.59. The lowest BCUT2D eigenvalue weighted by atomic mass is 9.91. The van der Waals surface area contributed by atoms with Crippen LogP contribution in [0.1, 0.15) is 176 Å². The van der Waals surface area contributed by atoms with Gasteiger partial charge in [0.1, 0.15) is 5.78 Å². The van der Waals surface area contributed by atoms with Gasteiger partial charge in [0.25, 0.3) is 0 Å². The van der Waals surface area contributed by atoms with Crippen LogP contribution in [-0.4, -0.2) is 5.78 Å². The van der Waals surface area contributed by atoms with E-state index < -0.39 is 0 Å². The van der Waals surface area contributed by atoms with Gasteiger partial charge in [0.2, 0.25) is 0 Å². The number of hydrogen-bond donors (Lipinski definition) is 0.